The van der Waals surface area contributed by atoms with Crippen molar-refractivity contribution in [3.8, 4) is 11.5 Å². The fraction of sp³-hybridized carbons (Fsp3) is 0.435. The van der Waals surface area contributed by atoms with Gasteiger partial charge in [0.25, 0.3) is 12.9 Å². The molecule has 6 atom stereocenters. The Balaban J connectivity index is 0.000000181. The molecule has 4 aliphatic heterocycles. The molecule has 0 unspecified atom stereocenters. The summed E-state index contributed by atoms with van der Waals surface area (Å²) in [5, 5.41) is 18.9. The van der Waals surface area contributed by atoms with Gasteiger partial charge in [0.05, 0.1) is 12.1 Å². The summed E-state index contributed by atoms with van der Waals surface area (Å²) in [5.74, 6) is -0.198. The van der Waals surface area contributed by atoms with Crippen LogP contribution in [0.25, 0.3) is 0 Å². The number of benzene rings is 4. The molecule has 320 valence electrons. The number of piperidine rings is 2. The highest BCUT2D eigenvalue weighted by Gasteiger charge is 2.42. The van der Waals surface area contributed by atoms with Gasteiger partial charge >= 0.3 is 0 Å². The van der Waals surface area contributed by atoms with Crippen molar-refractivity contribution in [2.24, 2.45) is 0 Å². The molecule has 0 radical (unpaired) electrons. The van der Waals surface area contributed by atoms with Gasteiger partial charge in [-0.1, -0.05) is 72.8 Å². The Morgan fingerprint density at radius 1 is 0.500 bits per heavy atom. The van der Waals surface area contributed by atoms with E-state index in [0.29, 0.717) is 65.0 Å². The lowest BCUT2D eigenvalue weighted by atomic mass is 9.87. The van der Waals surface area contributed by atoms with Gasteiger partial charge < -0.3 is 20.0 Å². The molecular formula is C46H50F6N4O4. The van der Waals surface area contributed by atoms with Crippen LogP contribution in [0.15, 0.2) is 97.1 Å². The van der Waals surface area contributed by atoms with E-state index in [4.69, 9.17) is 0 Å². The zero-order chi connectivity index (χ0) is 42.5. The van der Waals surface area contributed by atoms with E-state index in [0.717, 1.165) is 22.3 Å². The zero-order valence-electron chi connectivity index (χ0n) is 33.1. The van der Waals surface area contributed by atoms with Gasteiger partial charge in [-0.3, -0.25) is 19.4 Å². The van der Waals surface area contributed by atoms with Crippen molar-refractivity contribution < 1.29 is 46.1 Å². The molecule has 4 aliphatic rings. The number of carbonyl (C=O) groups excluding carboxylic acids is 2. The first-order valence-electron chi connectivity index (χ1n) is 20.5. The van der Waals surface area contributed by atoms with Crippen molar-refractivity contribution >= 4 is 11.8 Å². The molecule has 8 rings (SSSR count). The van der Waals surface area contributed by atoms with E-state index < -0.39 is 25.2 Å². The van der Waals surface area contributed by atoms with Gasteiger partial charge in [-0.25, -0.2) is 26.3 Å². The van der Waals surface area contributed by atoms with E-state index in [-0.39, 0.29) is 71.4 Å². The van der Waals surface area contributed by atoms with Gasteiger partial charge in [-0.15, -0.1) is 0 Å². The van der Waals surface area contributed by atoms with Gasteiger partial charge in [0.1, 0.15) is 23.8 Å². The third-order valence-corrected chi connectivity index (χ3v) is 12.4. The molecule has 8 nitrogen and oxygen atoms in total. The number of halogens is 6. The molecule has 4 fully saturated rings. The Morgan fingerprint density at radius 2 is 0.850 bits per heavy atom. The smallest absolute Gasteiger partial charge is 0.263 e. The Morgan fingerprint density at radius 3 is 1.17 bits per heavy atom. The Hall–Kier alpha value is -5.08. The predicted octanol–water partition coefficient (Wildman–Crippen LogP) is 8.52. The van der Waals surface area contributed by atoms with Crippen molar-refractivity contribution in [1.82, 2.24) is 19.6 Å². The number of phenolic OH excluding ortho intramolecular Hbond substituents is 2. The second kappa shape index (κ2) is 19.1. The molecular weight excluding hydrogens is 787 g/mol. The van der Waals surface area contributed by atoms with Crippen LogP contribution in [0.5, 0.6) is 11.5 Å². The van der Waals surface area contributed by atoms with Crippen molar-refractivity contribution in [3.63, 3.8) is 0 Å². The molecule has 0 spiro atoms. The lowest BCUT2D eigenvalue weighted by Crippen LogP contribution is -2.49. The van der Waals surface area contributed by atoms with Crippen LogP contribution in [0.4, 0.5) is 26.3 Å². The molecule has 2 N–H and O–H groups in total. The van der Waals surface area contributed by atoms with E-state index in [1.54, 1.807) is 82.6 Å². The summed E-state index contributed by atoms with van der Waals surface area (Å²) < 4.78 is 80.6. The first-order valence-corrected chi connectivity index (χ1v) is 20.5. The predicted molar refractivity (Wildman–Crippen MR) is 214 cm³/mol. The number of carbonyl (C=O) groups is 2. The number of hydrogen-bond acceptors (Lipinski definition) is 6. The van der Waals surface area contributed by atoms with E-state index >= 15 is 0 Å². The summed E-state index contributed by atoms with van der Waals surface area (Å²) in [4.78, 5) is 33.1. The van der Waals surface area contributed by atoms with E-state index in [1.165, 1.54) is 24.3 Å². The fourth-order valence-electron chi connectivity index (χ4n) is 9.03. The number of phenols is 2. The largest absolute Gasteiger partial charge is 0.508 e. The number of aromatic hydroxyl groups is 2. The Bertz CT molecular complexity index is 1890. The lowest BCUT2D eigenvalue weighted by molar-refractivity contribution is -0.134. The number of alkyl halides is 6. The standard InChI is InChI=1S/2C23H25F3N2O2/c2*24-20-14-27(11-9-19(20)16-5-7-18(29)8-6-16)21-10-12-28(23(21)30)13-15-1-3-17(4-2-15)22(25)26/h2*1-8,19-22,29H,9-14H2/t19-,20+,21-;19-,20-,21-/m01/s1. The van der Waals surface area contributed by atoms with Crippen LogP contribution in [0.1, 0.15) is 83.8 Å². The number of rotatable bonds is 10. The minimum absolute atomic E-state index is 0.0248. The van der Waals surface area contributed by atoms with Crippen molar-refractivity contribution in [1.29, 1.82) is 0 Å². The summed E-state index contributed by atoms with van der Waals surface area (Å²) in [6, 6.07) is 24.7. The summed E-state index contributed by atoms with van der Waals surface area (Å²) in [6.07, 6.45) is -4.64. The number of likely N-dealkylation sites (tertiary alicyclic amines) is 4. The summed E-state index contributed by atoms with van der Waals surface area (Å²) in [6.45, 7) is 3.60. The van der Waals surface area contributed by atoms with Gasteiger partial charge in [0.2, 0.25) is 11.8 Å². The highest BCUT2D eigenvalue weighted by atomic mass is 19.3. The first-order chi connectivity index (χ1) is 28.8. The van der Waals surface area contributed by atoms with Crippen LogP contribution < -0.4 is 0 Å². The third kappa shape index (κ3) is 10.1. The number of hydrogen-bond donors (Lipinski definition) is 2. The molecule has 4 heterocycles. The molecule has 14 heteroatoms. The normalized spacial score (nSPS) is 25.3. The van der Waals surface area contributed by atoms with Gasteiger partial charge in [-0.2, -0.15) is 0 Å². The summed E-state index contributed by atoms with van der Waals surface area (Å²) in [7, 11) is 0. The first kappa shape index (κ1) is 43.0. The van der Waals surface area contributed by atoms with Gasteiger partial charge in [-0.05, 0) is 85.3 Å². The van der Waals surface area contributed by atoms with Crippen LogP contribution in [0.2, 0.25) is 0 Å². The summed E-state index contributed by atoms with van der Waals surface area (Å²) in [5.41, 5.74) is 3.29. The van der Waals surface area contributed by atoms with Crippen molar-refractivity contribution in [2.75, 3.05) is 39.3 Å². The Labute approximate surface area is 346 Å². The molecule has 0 bridgehead atoms. The SMILES string of the molecule is O=C1[C@@H](N2CC[C@@H](c3ccc(O)cc3)[C@H](F)C2)CCN1Cc1ccc(C(F)F)cc1.O=C1[C@H](N2CC[C@H](c3ccc(O)cc3)[C@H](F)C2)CCN1Cc1ccc(C(F)F)cc1. The average Bonchev–Trinajstić information content (AvgIpc) is 3.79. The molecule has 4 aromatic carbocycles. The van der Waals surface area contributed by atoms with Crippen molar-refractivity contribution in [2.45, 2.75) is 87.9 Å². The molecule has 0 saturated carbocycles. The monoisotopic (exact) mass is 836 g/mol. The molecule has 0 aromatic heterocycles. The lowest BCUT2D eigenvalue weighted by Gasteiger charge is -2.37. The van der Waals surface area contributed by atoms with Crippen LogP contribution in [-0.2, 0) is 22.7 Å². The highest BCUT2D eigenvalue weighted by Crippen LogP contribution is 2.36. The molecule has 4 saturated heterocycles. The van der Waals surface area contributed by atoms with E-state index in [9.17, 15) is 46.1 Å². The quantitative estimate of drug-likeness (QED) is 0.156. The maximum atomic E-state index is 14.9. The Kier molecular flexibility index (Phi) is 13.7. The fourth-order valence-corrected chi connectivity index (χ4v) is 9.03. The minimum atomic E-state index is -2.50. The third-order valence-electron chi connectivity index (χ3n) is 12.4. The minimum Gasteiger partial charge on any atom is -0.508 e. The molecule has 2 amide bonds. The van der Waals surface area contributed by atoms with Gasteiger partial charge in [0.15, 0.2) is 0 Å². The van der Waals surface area contributed by atoms with E-state index in [2.05, 4.69) is 0 Å². The second-order valence-corrected chi connectivity index (χ2v) is 16.2. The topological polar surface area (TPSA) is 87.6 Å². The average molecular weight is 837 g/mol. The van der Waals surface area contributed by atoms with E-state index in [1.807, 2.05) is 9.80 Å². The van der Waals surface area contributed by atoms with Crippen LogP contribution in [0.3, 0.4) is 0 Å². The maximum absolute atomic E-state index is 14.9. The summed E-state index contributed by atoms with van der Waals surface area (Å²) >= 11 is 0. The number of amides is 2. The zero-order valence-corrected chi connectivity index (χ0v) is 33.1. The van der Waals surface area contributed by atoms with Crippen LogP contribution in [-0.4, -0.2) is 105 Å². The maximum Gasteiger partial charge on any atom is 0.263 e. The second-order valence-electron chi connectivity index (χ2n) is 16.2. The highest BCUT2D eigenvalue weighted by molar-refractivity contribution is 5.84. The van der Waals surface area contributed by atoms with Gasteiger partial charge in [0, 0.05) is 62.2 Å². The van der Waals surface area contributed by atoms with Crippen LogP contribution >= 0.6 is 0 Å². The number of nitrogens with zero attached hydrogens (tertiary/aromatic N) is 4. The van der Waals surface area contributed by atoms with Crippen LogP contribution in [0, 0.1) is 0 Å². The molecule has 60 heavy (non-hydrogen) atoms. The molecule has 0 aliphatic carbocycles. The van der Waals surface area contributed by atoms with Crippen molar-refractivity contribution in [3.05, 3.63) is 130 Å². The molecule has 4 aromatic rings.